The number of hydrogen-bond donors (Lipinski definition) is 1. The Labute approximate surface area is 231 Å². The summed E-state index contributed by atoms with van der Waals surface area (Å²) >= 11 is 0. The number of imidazole rings is 1. The molecule has 6 heterocycles. The van der Waals surface area contributed by atoms with E-state index in [9.17, 15) is 14.4 Å². The van der Waals surface area contributed by atoms with Crippen molar-refractivity contribution in [1.82, 2.24) is 19.6 Å². The molecule has 1 fully saturated rings. The van der Waals surface area contributed by atoms with E-state index < -0.39 is 11.8 Å². The van der Waals surface area contributed by atoms with Crippen LogP contribution >= 0.6 is 0 Å². The van der Waals surface area contributed by atoms with E-state index in [1.807, 2.05) is 56.9 Å². The fourth-order valence-electron chi connectivity index (χ4n) is 6.32. The van der Waals surface area contributed by atoms with Crippen LogP contribution in [0.15, 0.2) is 65.7 Å². The molecule has 9 heteroatoms. The molecule has 3 aromatic rings. The van der Waals surface area contributed by atoms with Gasteiger partial charge in [-0.15, -0.1) is 0 Å². The molecular weight excluding hydrogens is 504 g/mol. The van der Waals surface area contributed by atoms with Crippen LogP contribution in [0.2, 0.25) is 0 Å². The number of amides is 3. The second kappa shape index (κ2) is 9.29. The Morgan fingerprint density at radius 2 is 1.82 bits per heavy atom. The van der Waals surface area contributed by atoms with Crippen molar-refractivity contribution >= 4 is 40.3 Å². The lowest BCUT2D eigenvalue weighted by molar-refractivity contribution is -0.133. The van der Waals surface area contributed by atoms with Crippen molar-refractivity contribution in [3.63, 3.8) is 0 Å². The number of aromatic nitrogens is 2. The van der Waals surface area contributed by atoms with Crippen molar-refractivity contribution in [2.75, 3.05) is 18.0 Å². The van der Waals surface area contributed by atoms with Gasteiger partial charge in [-0.1, -0.05) is 38.1 Å². The molecule has 9 nitrogen and oxygen atoms in total. The molecule has 0 saturated carbocycles. The van der Waals surface area contributed by atoms with Crippen LogP contribution in [0.5, 0.6) is 0 Å². The average Bonchev–Trinajstić information content (AvgIpc) is 3.59. The van der Waals surface area contributed by atoms with Gasteiger partial charge in [0.25, 0.3) is 11.8 Å². The number of benzene rings is 1. The fourth-order valence-corrected chi connectivity index (χ4v) is 6.32. The Morgan fingerprint density at radius 3 is 2.62 bits per heavy atom. The van der Waals surface area contributed by atoms with Gasteiger partial charge in [0.2, 0.25) is 5.91 Å². The largest absolute Gasteiger partial charge is 0.341 e. The van der Waals surface area contributed by atoms with E-state index in [2.05, 4.69) is 24.1 Å². The maximum absolute atomic E-state index is 13.6. The van der Waals surface area contributed by atoms with Gasteiger partial charge in [-0.25, -0.2) is 4.98 Å². The Kier molecular flexibility index (Phi) is 5.69. The maximum atomic E-state index is 13.6. The van der Waals surface area contributed by atoms with Crippen molar-refractivity contribution in [3.05, 3.63) is 83.1 Å². The summed E-state index contributed by atoms with van der Waals surface area (Å²) in [7, 11) is 0. The quantitative estimate of drug-likeness (QED) is 0.516. The lowest BCUT2D eigenvalue weighted by Gasteiger charge is -2.32. The predicted octanol–water partition coefficient (Wildman–Crippen LogP) is 3.59. The van der Waals surface area contributed by atoms with E-state index in [1.165, 1.54) is 0 Å². The van der Waals surface area contributed by atoms with Crippen LogP contribution in [-0.4, -0.2) is 56.8 Å². The number of nitrogens with one attached hydrogen (secondary N) is 1. The lowest BCUT2D eigenvalue weighted by atomic mass is 9.94. The molecule has 0 radical (unpaired) electrons. The lowest BCUT2D eigenvalue weighted by Crippen LogP contribution is -2.47. The van der Waals surface area contributed by atoms with Crippen LogP contribution < -0.4 is 10.2 Å². The number of carbonyl (C=O) groups is 3. The van der Waals surface area contributed by atoms with Crippen molar-refractivity contribution in [2.24, 2.45) is 4.99 Å². The third-order valence-corrected chi connectivity index (χ3v) is 8.38. The maximum Gasteiger partial charge on any atom is 0.261 e. The number of para-hydroxylation sites is 1. The molecule has 4 aliphatic heterocycles. The molecule has 1 atom stereocenters. The van der Waals surface area contributed by atoms with E-state index in [0.717, 1.165) is 54.7 Å². The number of rotatable bonds is 4. The fraction of sp³-hybridized carbons (Fsp3) is 0.323. The monoisotopic (exact) mass is 534 g/mol. The number of hydrogen-bond acceptors (Lipinski definition) is 6. The second-order valence-electron chi connectivity index (χ2n) is 11.1. The number of carbonyl (C=O) groups excluding carboxylic acids is 3. The molecule has 202 valence electrons. The van der Waals surface area contributed by atoms with Crippen LogP contribution in [0.25, 0.3) is 11.2 Å². The average molecular weight is 535 g/mol. The van der Waals surface area contributed by atoms with Gasteiger partial charge in [0, 0.05) is 43.7 Å². The summed E-state index contributed by atoms with van der Waals surface area (Å²) < 4.78 is 1.87. The summed E-state index contributed by atoms with van der Waals surface area (Å²) in [6.45, 7) is 5.78. The molecular formula is C31H30N6O3. The molecule has 3 amide bonds. The molecule has 7 rings (SSSR count). The number of piperidine rings is 1. The van der Waals surface area contributed by atoms with Crippen molar-refractivity contribution in [3.8, 4) is 0 Å². The molecule has 4 aliphatic rings. The highest BCUT2D eigenvalue weighted by molar-refractivity contribution is 6.47. The van der Waals surface area contributed by atoms with Gasteiger partial charge in [0.15, 0.2) is 0 Å². The number of aliphatic imine (C=N–C) groups is 1. The Morgan fingerprint density at radius 1 is 1.02 bits per heavy atom. The van der Waals surface area contributed by atoms with Gasteiger partial charge in [0.1, 0.15) is 11.7 Å². The summed E-state index contributed by atoms with van der Waals surface area (Å²) in [5, 5.41) is 2.49. The summed E-state index contributed by atoms with van der Waals surface area (Å²) in [4.78, 5) is 53.5. The van der Waals surface area contributed by atoms with E-state index in [-0.39, 0.29) is 29.0 Å². The van der Waals surface area contributed by atoms with Crippen LogP contribution in [-0.2, 0) is 20.8 Å². The van der Waals surface area contributed by atoms with E-state index in [1.54, 1.807) is 12.4 Å². The molecule has 1 N–H and O–H groups in total. The van der Waals surface area contributed by atoms with Crippen molar-refractivity contribution in [2.45, 2.75) is 51.5 Å². The minimum absolute atomic E-state index is 0.121. The summed E-state index contributed by atoms with van der Waals surface area (Å²) in [6.07, 6.45) is 10.9. The zero-order valence-corrected chi connectivity index (χ0v) is 22.6. The standard InChI is InChI=1S/C31H30N6O3/c1-18(2)20-9-10-24-33-16-23(37(24)17-20)25-26(30(39)34-29(25)38)27-21-8-6-7-19-15-22(36(28(19)21)14-11-32-27)31(40)35-12-4-3-5-13-35/h6-11,14,16-18,22H,3-5,12-13,15H2,1-2H3,(H,34,38,39). The summed E-state index contributed by atoms with van der Waals surface area (Å²) in [6, 6.07) is 9.45. The molecule has 0 spiro atoms. The number of imide groups is 1. The van der Waals surface area contributed by atoms with Crippen LogP contribution in [0.4, 0.5) is 5.69 Å². The molecule has 1 unspecified atom stereocenters. The minimum Gasteiger partial charge on any atom is -0.341 e. The zero-order valence-electron chi connectivity index (χ0n) is 22.6. The zero-order chi connectivity index (χ0) is 27.5. The normalized spacial score (nSPS) is 20.4. The van der Waals surface area contributed by atoms with Gasteiger partial charge in [-0.05, 0) is 42.4 Å². The predicted molar refractivity (Wildman–Crippen MR) is 152 cm³/mol. The highest BCUT2D eigenvalue weighted by Gasteiger charge is 2.42. The van der Waals surface area contributed by atoms with Gasteiger partial charge in [-0.2, -0.15) is 0 Å². The number of likely N-dealkylation sites (tertiary alicyclic amines) is 1. The third kappa shape index (κ3) is 3.71. The first-order valence-electron chi connectivity index (χ1n) is 13.9. The smallest absolute Gasteiger partial charge is 0.261 e. The molecule has 40 heavy (non-hydrogen) atoms. The van der Waals surface area contributed by atoms with E-state index in [0.29, 0.717) is 23.5 Å². The highest BCUT2D eigenvalue weighted by atomic mass is 16.2. The third-order valence-electron chi connectivity index (χ3n) is 8.38. The van der Waals surface area contributed by atoms with Gasteiger partial charge in [0.05, 0.1) is 34.4 Å². The van der Waals surface area contributed by atoms with Crippen molar-refractivity contribution < 1.29 is 14.4 Å². The van der Waals surface area contributed by atoms with Crippen LogP contribution in [0.3, 0.4) is 0 Å². The first-order valence-corrected chi connectivity index (χ1v) is 13.9. The van der Waals surface area contributed by atoms with Crippen molar-refractivity contribution in [1.29, 1.82) is 0 Å². The number of anilines is 1. The molecule has 0 bridgehead atoms. The first-order chi connectivity index (χ1) is 19.4. The minimum atomic E-state index is -0.493. The molecule has 0 aliphatic carbocycles. The second-order valence-corrected chi connectivity index (χ2v) is 11.1. The topological polar surface area (TPSA) is 99.4 Å². The van der Waals surface area contributed by atoms with Gasteiger partial charge < -0.3 is 9.80 Å². The Balaban J connectivity index is 1.35. The first kappa shape index (κ1) is 24.5. The van der Waals surface area contributed by atoms with Crippen LogP contribution in [0, 0.1) is 0 Å². The SMILES string of the molecule is CC(C)c1ccc2ncc(C3=C(C4=NC=CN5c6c(cccc64)CC5C(=O)N4CCCCC4)C(=O)NC3=O)n2c1. The highest BCUT2D eigenvalue weighted by Crippen LogP contribution is 2.40. The molecule has 2 aromatic heterocycles. The van der Waals surface area contributed by atoms with Crippen LogP contribution in [0.1, 0.15) is 61.4 Å². The number of pyridine rings is 1. The Bertz CT molecular complexity index is 1690. The van der Waals surface area contributed by atoms with E-state index >= 15 is 0 Å². The van der Waals surface area contributed by atoms with E-state index in [4.69, 9.17) is 4.99 Å². The van der Waals surface area contributed by atoms with Gasteiger partial charge >= 0.3 is 0 Å². The molecule has 1 aromatic carbocycles. The summed E-state index contributed by atoms with van der Waals surface area (Å²) in [5.41, 5.74) is 5.80. The number of fused-ring (bicyclic) bond motifs is 1. The molecule has 1 saturated heterocycles. The van der Waals surface area contributed by atoms with Gasteiger partial charge in [-0.3, -0.25) is 29.1 Å². The summed E-state index contributed by atoms with van der Waals surface area (Å²) in [5.74, 6) is -0.570. The Hall–Kier alpha value is -4.53. The number of nitrogens with zero attached hydrogens (tertiary/aromatic N) is 5.